The van der Waals surface area contributed by atoms with Crippen molar-refractivity contribution < 1.29 is 4.79 Å². The average molecular weight is 352 g/mol. The molecule has 0 aliphatic carbocycles. The zero-order valence-corrected chi connectivity index (χ0v) is 15.0. The Labute approximate surface area is 152 Å². The van der Waals surface area contributed by atoms with Gasteiger partial charge in [0.1, 0.15) is 17.3 Å². The van der Waals surface area contributed by atoms with Crippen LogP contribution in [-0.2, 0) is 6.42 Å². The monoisotopic (exact) mass is 352 g/mol. The largest absolute Gasteiger partial charge is 0.350 e. The Morgan fingerprint density at radius 3 is 2.88 bits per heavy atom. The van der Waals surface area contributed by atoms with Crippen molar-refractivity contribution in [2.24, 2.45) is 0 Å². The number of hydrogen-bond acceptors (Lipinski definition) is 4. The highest BCUT2D eigenvalue weighted by molar-refractivity contribution is 5.92. The number of fused-ring (bicyclic) bond motifs is 1. The summed E-state index contributed by atoms with van der Waals surface area (Å²) in [6.07, 6.45) is 4.47. The molecule has 1 fully saturated rings. The van der Waals surface area contributed by atoms with Crippen molar-refractivity contribution in [1.82, 2.24) is 30.2 Å². The number of rotatable bonds is 5. The molecule has 0 atom stereocenters. The number of aromatic nitrogens is 4. The van der Waals surface area contributed by atoms with Gasteiger partial charge in [0, 0.05) is 18.9 Å². The zero-order valence-electron chi connectivity index (χ0n) is 15.0. The lowest BCUT2D eigenvalue weighted by Crippen LogP contribution is -2.29. The van der Waals surface area contributed by atoms with Crippen LogP contribution in [0.15, 0.2) is 30.5 Å². The van der Waals surface area contributed by atoms with E-state index in [-0.39, 0.29) is 5.91 Å². The molecule has 0 bridgehead atoms. The maximum Gasteiger partial charge on any atom is 0.269 e. The van der Waals surface area contributed by atoms with Crippen molar-refractivity contribution >= 4 is 16.9 Å². The van der Waals surface area contributed by atoms with Gasteiger partial charge in [0.15, 0.2) is 0 Å². The van der Waals surface area contributed by atoms with E-state index >= 15 is 0 Å². The first-order valence-electron chi connectivity index (χ1n) is 9.14. The van der Waals surface area contributed by atoms with E-state index in [0.717, 1.165) is 48.6 Å². The van der Waals surface area contributed by atoms with E-state index in [1.807, 2.05) is 24.3 Å². The van der Waals surface area contributed by atoms with E-state index in [1.54, 1.807) is 6.20 Å². The molecule has 1 aliphatic heterocycles. The molecule has 4 rings (SSSR count). The number of hydrogen-bond donors (Lipinski definition) is 3. The molecule has 2 aromatic heterocycles. The van der Waals surface area contributed by atoms with Gasteiger partial charge in [0.05, 0.1) is 17.2 Å². The van der Waals surface area contributed by atoms with Gasteiger partial charge in [-0.2, -0.15) is 0 Å². The molecular formula is C19H24N6O. The standard InChI is InChI=1S/C19H24N6O/c1-25-10-7-13(8-11-25)18-21-12-16(24-18)19(26)20-9-6-17-22-14-4-2-3-5-15(14)23-17/h2-5,12-13H,6-11H2,1H3,(H,20,26)(H,21,24)(H,22,23). The van der Waals surface area contributed by atoms with Crippen molar-refractivity contribution in [3.05, 3.63) is 47.8 Å². The minimum absolute atomic E-state index is 0.118. The topological polar surface area (TPSA) is 89.7 Å². The quantitative estimate of drug-likeness (QED) is 0.656. The van der Waals surface area contributed by atoms with Crippen LogP contribution >= 0.6 is 0 Å². The van der Waals surface area contributed by atoms with E-state index in [9.17, 15) is 4.79 Å². The van der Waals surface area contributed by atoms with Crippen LogP contribution in [0.3, 0.4) is 0 Å². The van der Waals surface area contributed by atoms with Crippen LogP contribution in [0, 0.1) is 0 Å². The molecule has 26 heavy (non-hydrogen) atoms. The number of likely N-dealkylation sites (tertiary alicyclic amines) is 1. The maximum atomic E-state index is 12.3. The number of aromatic amines is 2. The average Bonchev–Trinajstić information content (AvgIpc) is 3.29. The first kappa shape index (κ1) is 16.8. The lowest BCUT2D eigenvalue weighted by molar-refractivity contribution is 0.0949. The Hall–Kier alpha value is -2.67. The van der Waals surface area contributed by atoms with E-state index < -0.39 is 0 Å². The van der Waals surface area contributed by atoms with E-state index in [0.29, 0.717) is 24.6 Å². The Morgan fingerprint density at radius 1 is 1.27 bits per heavy atom. The molecule has 136 valence electrons. The van der Waals surface area contributed by atoms with Gasteiger partial charge in [-0.3, -0.25) is 4.79 Å². The fraction of sp³-hybridized carbons (Fsp3) is 0.421. The number of amides is 1. The molecule has 1 aliphatic rings. The molecule has 7 nitrogen and oxygen atoms in total. The van der Waals surface area contributed by atoms with Crippen LogP contribution in [0.1, 0.15) is 40.9 Å². The number of benzene rings is 1. The van der Waals surface area contributed by atoms with Gasteiger partial charge in [0.2, 0.25) is 0 Å². The molecule has 1 saturated heterocycles. The number of piperidine rings is 1. The summed E-state index contributed by atoms with van der Waals surface area (Å²) in [6.45, 7) is 2.68. The van der Waals surface area contributed by atoms with E-state index in [4.69, 9.17) is 0 Å². The summed E-state index contributed by atoms with van der Waals surface area (Å²) in [5.74, 6) is 2.11. The number of H-pyrrole nitrogens is 2. The molecule has 0 spiro atoms. The predicted molar refractivity (Wildman–Crippen MR) is 100 cm³/mol. The van der Waals surface area contributed by atoms with Gasteiger partial charge in [-0.1, -0.05) is 12.1 Å². The van der Waals surface area contributed by atoms with Gasteiger partial charge < -0.3 is 20.2 Å². The highest BCUT2D eigenvalue weighted by atomic mass is 16.1. The molecule has 3 aromatic rings. The van der Waals surface area contributed by atoms with E-state index in [1.165, 1.54) is 0 Å². The Bertz CT molecular complexity index is 857. The SMILES string of the molecule is CN1CCC(c2ncc(C(=O)NCCc3nc4ccccc4[nH]3)[nH]2)CC1. The molecule has 7 heteroatoms. The number of nitrogens with zero attached hydrogens (tertiary/aromatic N) is 3. The van der Waals surface area contributed by atoms with Gasteiger partial charge in [-0.25, -0.2) is 9.97 Å². The summed E-state index contributed by atoms with van der Waals surface area (Å²) >= 11 is 0. The van der Waals surface area contributed by atoms with Crippen molar-refractivity contribution in [2.45, 2.75) is 25.2 Å². The molecule has 3 N–H and O–H groups in total. The van der Waals surface area contributed by atoms with Crippen molar-refractivity contribution in [3.63, 3.8) is 0 Å². The lowest BCUT2D eigenvalue weighted by atomic mass is 9.97. The fourth-order valence-electron chi connectivity index (χ4n) is 3.46. The fourth-order valence-corrected chi connectivity index (χ4v) is 3.46. The first-order chi connectivity index (χ1) is 12.7. The first-order valence-corrected chi connectivity index (χ1v) is 9.14. The number of carbonyl (C=O) groups is 1. The molecule has 1 amide bonds. The second-order valence-electron chi connectivity index (χ2n) is 6.97. The summed E-state index contributed by atoms with van der Waals surface area (Å²) in [6, 6.07) is 7.92. The van der Waals surface area contributed by atoms with Crippen LogP contribution in [0.5, 0.6) is 0 Å². The summed E-state index contributed by atoms with van der Waals surface area (Å²) in [7, 11) is 2.14. The van der Waals surface area contributed by atoms with Crippen LogP contribution < -0.4 is 5.32 Å². The van der Waals surface area contributed by atoms with Crippen LogP contribution in [0.4, 0.5) is 0 Å². The summed E-state index contributed by atoms with van der Waals surface area (Å²) in [4.78, 5) is 30.1. The third kappa shape index (κ3) is 3.62. The minimum atomic E-state index is -0.118. The minimum Gasteiger partial charge on any atom is -0.350 e. The maximum absolute atomic E-state index is 12.3. The normalized spacial score (nSPS) is 16.2. The van der Waals surface area contributed by atoms with Crippen LogP contribution in [-0.4, -0.2) is 57.4 Å². The molecular weight excluding hydrogens is 328 g/mol. The summed E-state index contributed by atoms with van der Waals surface area (Å²) < 4.78 is 0. The lowest BCUT2D eigenvalue weighted by Gasteiger charge is -2.27. The molecule has 3 heterocycles. The van der Waals surface area contributed by atoms with Crippen molar-refractivity contribution in [3.8, 4) is 0 Å². The number of nitrogens with one attached hydrogen (secondary N) is 3. The predicted octanol–water partition coefficient (Wildman–Crippen LogP) is 2.07. The second kappa shape index (κ2) is 7.29. The van der Waals surface area contributed by atoms with Crippen molar-refractivity contribution in [1.29, 1.82) is 0 Å². The van der Waals surface area contributed by atoms with Crippen LogP contribution in [0.2, 0.25) is 0 Å². The Morgan fingerprint density at radius 2 is 2.08 bits per heavy atom. The number of carbonyl (C=O) groups excluding carboxylic acids is 1. The zero-order chi connectivity index (χ0) is 17.9. The number of imidazole rings is 2. The van der Waals surface area contributed by atoms with Crippen molar-refractivity contribution in [2.75, 3.05) is 26.7 Å². The van der Waals surface area contributed by atoms with Gasteiger partial charge in [0.25, 0.3) is 5.91 Å². The third-order valence-corrected chi connectivity index (χ3v) is 5.03. The number of para-hydroxylation sites is 2. The molecule has 0 saturated carbocycles. The van der Waals surface area contributed by atoms with Gasteiger partial charge in [-0.15, -0.1) is 0 Å². The third-order valence-electron chi connectivity index (χ3n) is 5.03. The van der Waals surface area contributed by atoms with Crippen LogP contribution in [0.25, 0.3) is 11.0 Å². The smallest absolute Gasteiger partial charge is 0.269 e. The Balaban J connectivity index is 1.31. The molecule has 0 unspecified atom stereocenters. The summed E-state index contributed by atoms with van der Waals surface area (Å²) in [5, 5.41) is 2.94. The molecule has 0 radical (unpaired) electrons. The highest BCUT2D eigenvalue weighted by Crippen LogP contribution is 2.25. The highest BCUT2D eigenvalue weighted by Gasteiger charge is 2.21. The summed E-state index contributed by atoms with van der Waals surface area (Å²) in [5.41, 5.74) is 2.50. The second-order valence-corrected chi connectivity index (χ2v) is 6.97. The van der Waals surface area contributed by atoms with E-state index in [2.05, 4.69) is 37.2 Å². The molecule has 1 aromatic carbocycles. The van der Waals surface area contributed by atoms with Gasteiger partial charge in [-0.05, 0) is 45.1 Å². The van der Waals surface area contributed by atoms with Gasteiger partial charge >= 0.3 is 0 Å². The Kier molecular flexibility index (Phi) is 4.71.